The molecule has 7 heteroatoms. The molecule has 0 aromatic carbocycles. The molecule has 2 unspecified atom stereocenters. The minimum absolute atomic E-state index is 0.0260. The van der Waals surface area contributed by atoms with Crippen molar-refractivity contribution in [2.45, 2.75) is 25.6 Å². The van der Waals surface area contributed by atoms with E-state index < -0.39 is 0 Å². The van der Waals surface area contributed by atoms with Crippen molar-refractivity contribution in [3.8, 4) is 0 Å². The van der Waals surface area contributed by atoms with Crippen molar-refractivity contribution >= 4 is 11.6 Å². The van der Waals surface area contributed by atoms with E-state index in [0.29, 0.717) is 11.1 Å². The quantitative estimate of drug-likeness (QED) is 0.605. The Morgan fingerprint density at radius 2 is 2.21 bits per heavy atom. The second-order valence-electron chi connectivity index (χ2n) is 5.24. The number of aromatic nitrogens is 2. The topological polar surface area (TPSA) is 62.4 Å². The lowest BCUT2D eigenvalue weighted by Gasteiger charge is -2.50. The molecule has 2 atom stereocenters. The van der Waals surface area contributed by atoms with Gasteiger partial charge in [-0.25, -0.2) is 5.43 Å². The fraction of sp³-hybridized carbons (Fsp3) is 0.750. The predicted octanol–water partition coefficient (Wildman–Crippen LogP) is 0.0606. The number of hydrogen-bond donors (Lipinski definition) is 2. The summed E-state index contributed by atoms with van der Waals surface area (Å²) in [6, 6.07) is 0.394. The van der Waals surface area contributed by atoms with Gasteiger partial charge in [0.05, 0.1) is 23.0 Å². The molecule has 3 aliphatic rings. The van der Waals surface area contributed by atoms with E-state index in [1.54, 1.807) is 6.20 Å². The molecule has 3 fully saturated rings. The summed E-state index contributed by atoms with van der Waals surface area (Å²) in [6.45, 7) is 8.46. The van der Waals surface area contributed by atoms with Crippen LogP contribution in [0.25, 0.3) is 0 Å². The zero-order valence-corrected chi connectivity index (χ0v) is 12.0. The second kappa shape index (κ2) is 5.38. The van der Waals surface area contributed by atoms with E-state index in [9.17, 15) is 0 Å². The summed E-state index contributed by atoms with van der Waals surface area (Å²) in [5, 5.41) is 5.01. The Labute approximate surface area is 118 Å². The van der Waals surface area contributed by atoms with E-state index >= 15 is 0 Å². The molecule has 0 aliphatic carbocycles. The smallest absolute Gasteiger partial charge is 0.0835 e. The van der Waals surface area contributed by atoms with Crippen LogP contribution in [0.1, 0.15) is 18.7 Å². The highest BCUT2D eigenvalue weighted by Crippen LogP contribution is 2.30. The van der Waals surface area contributed by atoms with E-state index in [1.807, 2.05) is 4.68 Å². The van der Waals surface area contributed by atoms with Crippen LogP contribution in [0.2, 0.25) is 5.02 Å². The average molecular weight is 285 g/mol. The molecular weight excluding hydrogens is 264 g/mol. The molecule has 19 heavy (non-hydrogen) atoms. The molecule has 2 bridgehead atoms. The monoisotopic (exact) mass is 284 g/mol. The van der Waals surface area contributed by atoms with E-state index in [-0.39, 0.29) is 6.04 Å². The van der Waals surface area contributed by atoms with Crippen LogP contribution in [0, 0.1) is 0 Å². The highest BCUT2D eigenvalue weighted by molar-refractivity contribution is 6.31. The number of fused-ring (bicyclic) bond motifs is 3. The van der Waals surface area contributed by atoms with Crippen LogP contribution in [-0.2, 0) is 6.54 Å². The number of halogens is 1. The Kier molecular flexibility index (Phi) is 3.77. The summed E-state index contributed by atoms with van der Waals surface area (Å²) in [7, 11) is 0. The number of nitrogens with two attached hydrogens (primary N) is 1. The summed E-state index contributed by atoms with van der Waals surface area (Å²) >= 11 is 6.31. The maximum Gasteiger partial charge on any atom is 0.0835 e. The lowest BCUT2D eigenvalue weighted by atomic mass is 9.98. The lowest BCUT2D eigenvalue weighted by Crippen LogP contribution is -2.64. The Morgan fingerprint density at radius 3 is 2.74 bits per heavy atom. The van der Waals surface area contributed by atoms with Crippen molar-refractivity contribution in [2.24, 2.45) is 5.84 Å². The van der Waals surface area contributed by atoms with Gasteiger partial charge in [0.25, 0.3) is 0 Å². The van der Waals surface area contributed by atoms with E-state index in [1.165, 1.54) is 0 Å². The van der Waals surface area contributed by atoms with Gasteiger partial charge >= 0.3 is 0 Å². The molecule has 106 valence electrons. The molecule has 4 heterocycles. The third-order valence-electron chi connectivity index (χ3n) is 4.31. The highest BCUT2D eigenvalue weighted by Gasteiger charge is 2.38. The minimum atomic E-state index is 0.0260. The van der Waals surface area contributed by atoms with Crippen LogP contribution in [0.4, 0.5) is 0 Å². The standard InChI is InChI=1S/C12H21ClN6/c1-2-19-12(9(13)7-15-19)11(16-14)10-8-17-3-5-18(10)6-4-17/h7,10-11,16H,2-6,8,14H2,1H3. The number of aryl methyl sites for hydroxylation is 1. The van der Waals surface area contributed by atoms with Gasteiger partial charge in [-0.15, -0.1) is 0 Å². The Bertz CT molecular complexity index is 439. The SMILES string of the molecule is CCn1ncc(Cl)c1C(NN)C1CN2CCN1CC2. The fourth-order valence-electron chi connectivity index (χ4n) is 3.28. The molecule has 0 spiro atoms. The maximum atomic E-state index is 6.31. The number of rotatable bonds is 4. The van der Waals surface area contributed by atoms with Gasteiger partial charge in [-0.3, -0.25) is 20.3 Å². The van der Waals surface area contributed by atoms with E-state index in [4.69, 9.17) is 17.4 Å². The van der Waals surface area contributed by atoms with Crippen molar-refractivity contribution < 1.29 is 0 Å². The van der Waals surface area contributed by atoms with Gasteiger partial charge in [0.2, 0.25) is 0 Å². The van der Waals surface area contributed by atoms with Crippen molar-refractivity contribution in [1.82, 2.24) is 25.0 Å². The molecule has 4 rings (SSSR count). The van der Waals surface area contributed by atoms with Gasteiger partial charge in [0, 0.05) is 45.3 Å². The first kappa shape index (κ1) is 13.3. The van der Waals surface area contributed by atoms with Crippen LogP contribution < -0.4 is 11.3 Å². The Hall–Kier alpha value is -0.660. The van der Waals surface area contributed by atoms with Crippen LogP contribution in [0.5, 0.6) is 0 Å². The summed E-state index contributed by atoms with van der Waals surface area (Å²) < 4.78 is 1.94. The Balaban J connectivity index is 1.90. The van der Waals surface area contributed by atoms with Crippen molar-refractivity contribution in [3.05, 3.63) is 16.9 Å². The van der Waals surface area contributed by atoms with Gasteiger partial charge in [0.15, 0.2) is 0 Å². The zero-order chi connectivity index (χ0) is 13.4. The first-order chi connectivity index (χ1) is 9.24. The van der Waals surface area contributed by atoms with Gasteiger partial charge in [-0.05, 0) is 6.92 Å². The normalized spacial score (nSPS) is 31.6. The van der Waals surface area contributed by atoms with Crippen molar-refractivity contribution in [2.75, 3.05) is 32.7 Å². The van der Waals surface area contributed by atoms with Crippen molar-refractivity contribution in [3.63, 3.8) is 0 Å². The third-order valence-corrected chi connectivity index (χ3v) is 4.60. The number of hydrazine groups is 1. The largest absolute Gasteiger partial charge is 0.299 e. The molecule has 0 saturated carbocycles. The molecule has 6 nitrogen and oxygen atoms in total. The number of piperazine rings is 3. The number of hydrogen-bond acceptors (Lipinski definition) is 5. The summed E-state index contributed by atoms with van der Waals surface area (Å²) in [6.07, 6.45) is 1.71. The molecule has 3 N–H and O–H groups in total. The van der Waals surface area contributed by atoms with E-state index in [0.717, 1.165) is 45.0 Å². The molecule has 3 saturated heterocycles. The van der Waals surface area contributed by atoms with Gasteiger partial charge < -0.3 is 0 Å². The van der Waals surface area contributed by atoms with Crippen LogP contribution in [0.3, 0.4) is 0 Å². The Morgan fingerprint density at radius 1 is 1.47 bits per heavy atom. The molecule has 0 amide bonds. The molecule has 0 radical (unpaired) electrons. The predicted molar refractivity (Wildman–Crippen MR) is 74.8 cm³/mol. The van der Waals surface area contributed by atoms with Gasteiger partial charge in [0.1, 0.15) is 0 Å². The van der Waals surface area contributed by atoms with Gasteiger partial charge in [-0.1, -0.05) is 11.6 Å². The van der Waals surface area contributed by atoms with Crippen LogP contribution >= 0.6 is 11.6 Å². The first-order valence-electron chi connectivity index (χ1n) is 6.88. The molecular formula is C12H21ClN6. The third kappa shape index (κ3) is 2.28. The molecule has 1 aromatic heterocycles. The second-order valence-corrected chi connectivity index (χ2v) is 5.65. The van der Waals surface area contributed by atoms with Crippen LogP contribution in [-0.4, -0.2) is 58.3 Å². The van der Waals surface area contributed by atoms with E-state index in [2.05, 4.69) is 27.2 Å². The molecule has 1 aromatic rings. The zero-order valence-electron chi connectivity index (χ0n) is 11.2. The first-order valence-corrected chi connectivity index (χ1v) is 7.26. The van der Waals surface area contributed by atoms with Crippen molar-refractivity contribution in [1.29, 1.82) is 0 Å². The average Bonchev–Trinajstić information content (AvgIpc) is 2.83. The van der Waals surface area contributed by atoms with Crippen LogP contribution in [0.15, 0.2) is 6.20 Å². The summed E-state index contributed by atoms with van der Waals surface area (Å²) in [4.78, 5) is 5.00. The van der Waals surface area contributed by atoms with Gasteiger partial charge in [-0.2, -0.15) is 5.10 Å². The fourth-order valence-corrected chi connectivity index (χ4v) is 3.54. The minimum Gasteiger partial charge on any atom is -0.299 e. The molecule has 3 aliphatic heterocycles. The number of nitrogens with zero attached hydrogens (tertiary/aromatic N) is 4. The summed E-state index contributed by atoms with van der Waals surface area (Å²) in [5.74, 6) is 5.82. The number of nitrogens with one attached hydrogen (secondary N) is 1. The highest BCUT2D eigenvalue weighted by atomic mass is 35.5. The lowest BCUT2D eigenvalue weighted by molar-refractivity contribution is -0.00497. The maximum absolute atomic E-state index is 6.31. The summed E-state index contributed by atoms with van der Waals surface area (Å²) in [5.41, 5.74) is 3.97.